The maximum absolute atomic E-state index is 13.4. The summed E-state index contributed by atoms with van der Waals surface area (Å²) < 4.78 is 0. The summed E-state index contributed by atoms with van der Waals surface area (Å²) >= 11 is 0. The number of fused-ring (bicyclic) bond motifs is 1. The lowest BCUT2D eigenvalue weighted by atomic mass is 9.92. The minimum Gasteiger partial charge on any atom is -0.342 e. The van der Waals surface area contributed by atoms with Gasteiger partial charge in [-0.05, 0) is 48.9 Å². The molecule has 182 valence electrons. The number of likely N-dealkylation sites (tertiary alicyclic amines) is 1. The first-order valence-corrected chi connectivity index (χ1v) is 12.8. The highest BCUT2D eigenvalue weighted by molar-refractivity contribution is 5.98. The molecule has 0 spiro atoms. The zero-order valence-electron chi connectivity index (χ0n) is 20.6. The van der Waals surface area contributed by atoms with Crippen molar-refractivity contribution in [1.29, 1.82) is 0 Å². The first-order valence-electron chi connectivity index (χ1n) is 12.8. The predicted molar refractivity (Wildman–Crippen MR) is 139 cm³/mol. The normalized spacial score (nSPS) is 17.1. The van der Waals surface area contributed by atoms with Gasteiger partial charge in [0.1, 0.15) is 0 Å². The Labute approximate surface area is 207 Å². The second kappa shape index (κ2) is 10.6. The number of carbonyl (C=O) groups excluding carboxylic acids is 2. The molecule has 0 aliphatic carbocycles. The van der Waals surface area contributed by atoms with Crippen LogP contribution in [0.5, 0.6) is 0 Å². The summed E-state index contributed by atoms with van der Waals surface area (Å²) in [6.45, 7) is 7.05. The number of para-hydroxylation sites is 1. The Morgan fingerprint density at radius 3 is 2.17 bits per heavy atom. The number of benzene rings is 2. The first kappa shape index (κ1) is 23.5. The fourth-order valence-electron chi connectivity index (χ4n) is 5.38. The van der Waals surface area contributed by atoms with E-state index in [-0.39, 0.29) is 11.8 Å². The van der Waals surface area contributed by atoms with Gasteiger partial charge in [0, 0.05) is 50.3 Å². The molecular formula is C29H34N4O2. The predicted octanol–water partition coefficient (Wildman–Crippen LogP) is 3.91. The van der Waals surface area contributed by atoms with Crippen molar-refractivity contribution in [2.75, 3.05) is 45.8 Å². The quantitative estimate of drug-likeness (QED) is 0.567. The van der Waals surface area contributed by atoms with Gasteiger partial charge in [-0.3, -0.25) is 19.5 Å². The maximum atomic E-state index is 13.4. The molecule has 0 saturated carbocycles. The van der Waals surface area contributed by atoms with E-state index in [4.69, 9.17) is 4.98 Å². The molecule has 2 fully saturated rings. The third-order valence-electron chi connectivity index (χ3n) is 7.38. The zero-order chi connectivity index (χ0) is 24.2. The van der Waals surface area contributed by atoms with Gasteiger partial charge in [0.05, 0.1) is 18.5 Å². The van der Waals surface area contributed by atoms with Crippen LogP contribution in [0, 0.1) is 6.92 Å². The molecule has 2 amide bonds. The van der Waals surface area contributed by atoms with Crippen LogP contribution >= 0.6 is 0 Å². The lowest BCUT2D eigenvalue weighted by molar-refractivity contribution is -0.135. The van der Waals surface area contributed by atoms with Crippen molar-refractivity contribution in [1.82, 2.24) is 19.7 Å². The Morgan fingerprint density at radius 1 is 0.771 bits per heavy atom. The fraction of sp³-hybridized carbons (Fsp3) is 0.414. The lowest BCUT2D eigenvalue weighted by Gasteiger charge is -2.36. The highest BCUT2D eigenvalue weighted by Gasteiger charge is 2.26. The smallest absolute Gasteiger partial charge is 0.236 e. The van der Waals surface area contributed by atoms with Crippen LogP contribution in [0.2, 0.25) is 0 Å². The molecule has 6 heteroatoms. The van der Waals surface area contributed by atoms with Gasteiger partial charge in [0.15, 0.2) is 0 Å². The minimum absolute atomic E-state index is 0.129. The van der Waals surface area contributed by atoms with Crippen molar-refractivity contribution in [2.24, 2.45) is 0 Å². The molecule has 0 bridgehead atoms. The van der Waals surface area contributed by atoms with Gasteiger partial charge < -0.3 is 9.80 Å². The molecule has 2 aliphatic rings. The topological polar surface area (TPSA) is 56.8 Å². The average Bonchev–Trinajstić information content (AvgIpc) is 2.90. The SMILES string of the molecule is Cc1nc2ccccc2c(-c2ccccc2)c1CC(=O)N1CCN(CC(=O)N2CCCCC2)CC1. The van der Waals surface area contributed by atoms with E-state index in [1.54, 1.807) is 0 Å². The molecular weight excluding hydrogens is 436 g/mol. The van der Waals surface area contributed by atoms with Gasteiger partial charge in [0.2, 0.25) is 11.8 Å². The molecule has 1 aromatic heterocycles. The largest absolute Gasteiger partial charge is 0.342 e. The number of aryl methyl sites for hydroxylation is 1. The molecule has 0 N–H and O–H groups in total. The van der Waals surface area contributed by atoms with E-state index in [1.165, 1.54) is 6.42 Å². The van der Waals surface area contributed by atoms with E-state index in [0.717, 1.165) is 72.3 Å². The Balaban J connectivity index is 1.29. The van der Waals surface area contributed by atoms with Crippen LogP contribution < -0.4 is 0 Å². The number of rotatable bonds is 5. The summed E-state index contributed by atoms with van der Waals surface area (Å²) in [7, 11) is 0. The van der Waals surface area contributed by atoms with Crippen LogP contribution in [-0.2, 0) is 16.0 Å². The zero-order valence-corrected chi connectivity index (χ0v) is 20.6. The summed E-state index contributed by atoms with van der Waals surface area (Å²) in [5.74, 6) is 0.360. The van der Waals surface area contributed by atoms with Gasteiger partial charge in [-0.25, -0.2) is 0 Å². The number of nitrogens with zero attached hydrogens (tertiary/aromatic N) is 4. The van der Waals surface area contributed by atoms with E-state index in [9.17, 15) is 9.59 Å². The Morgan fingerprint density at radius 2 is 1.43 bits per heavy atom. The fourth-order valence-corrected chi connectivity index (χ4v) is 5.38. The Bertz CT molecular complexity index is 1200. The van der Waals surface area contributed by atoms with Gasteiger partial charge in [0.25, 0.3) is 0 Å². The number of amides is 2. The van der Waals surface area contributed by atoms with Gasteiger partial charge in [-0.1, -0.05) is 48.5 Å². The molecule has 6 nitrogen and oxygen atoms in total. The molecule has 3 aromatic rings. The number of pyridine rings is 1. The van der Waals surface area contributed by atoms with E-state index in [0.29, 0.717) is 26.1 Å². The standard InChI is InChI=1S/C29H34N4O2/c1-22-25(29(23-10-4-2-5-11-23)24-12-6-7-13-26(24)30-22)20-27(34)33-18-16-31(17-19-33)21-28(35)32-14-8-3-9-15-32/h2,4-7,10-13H,3,8-9,14-21H2,1H3. The second-order valence-electron chi connectivity index (χ2n) is 9.71. The highest BCUT2D eigenvalue weighted by atomic mass is 16.2. The van der Waals surface area contributed by atoms with E-state index < -0.39 is 0 Å². The van der Waals surface area contributed by atoms with Crippen LogP contribution in [0.4, 0.5) is 0 Å². The van der Waals surface area contributed by atoms with Crippen molar-refractivity contribution in [2.45, 2.75) is 32.6 Å². The molecule has 0 atom stereocenters. The molecule has 5 rings (SSSR count). The molecule has 0 unspecified atom stereocenters. The minimum atomic E-state index is 0.129. The summed E-state index contributed by atoms with van der Waals surface area (Å²) in [6, 6.07) is 18.5. The van der Waals surface area contributed by atoms with Crippen LogP contribution in [0.1, 0.15) is 30.5 Å². The monoisotopic (exact) mass is 470 g/mol. The van der Waals surface area contributed by atoms with E-state index in [2.05, 4.69) is 23.1 Å². The van der Waals surface area contributed by atoms with Crippen LogP contribution in [0.15, 0.2) is 54.6 Å². The molecule has 2 aliphatic heterocycles. The van der Waals surface area contributed by atoms with Crippen molar-refractivity contribution in [3.05, 3.63) is 65.9 Å². The van der Waals surface area contributed by atoms with E-state index in [1.807, 2.05) is 53.1 Å². The van der Waals surface area contributed by atoms with Crippen LogP contribution in [0.25, 0.3) is 22.0 Å². The molecule has 2 saturated heterocycles. The second-order valence-corrected chi connectivity index (χ2v) is 9.71. The highest BCUT2D eigenvalue weighted by Crippen LogP contribution is 2.33. The van der Waals surface area contributed by atoms with Crippen molar-refractivity contribution >= 4 is 22.7 Å². The van der Waals surface area contributed by atoms with E-state index >= 15 is 0 Å². The summed E-state index contributed by atoms with van der Waals surface area (Å²) in [4.78, 5) is 37.0. The van der Waals surface area contributed by atoms with Crippen molar-refractivity contribution in [3.8, 4) is 11.1 Å². The third-order valence-corrected chi connectivity index (χ3v) is 7.38. The Hall–Kier alpha value is -3.25. The third kappa shape index (κ3) is 5.22. The summed E-state index contributed by atoms with van der Waals surface area (Å²) in [5, 5.41) is 1.08. The average molecular weight is 471 g/mol. The summed E-state index contributed by atoms with van der Waals surface area (Å²) in [6.07, 6.45) is 3.79. The number of piperidine rings is 1. The molecule has 35 heavy (non-hydrogen) atoms. The van der Waals surface area contributed by atoms with Crippen LogP contribution in [0.3, 0.4) is 0 Å². The molecule has 0 radical (unpaired) electrons. The van der Waals surface area contributed by atoms with Gasteiger partial charge in [-0.15, -0.1) is 0 Å². The van der Waals surface area contributed by atoms with Crippen LogP contribution in [-0.4, -0.2) is 77.3 Å². The summed E-state index contributed by atoms with van der Waals surface area (Å²) in [5.41, 5.74) is 5.07. The number of hydrogen-bond donors (Lipinski definition) is 0. The number of hydrogen-bond acceptors (Lipinski definition) is 4. The number of carbonyl (C=O) groups is 2. The van der Waals surface area contributed by atoms with Crippen molar-refractivity contribution in [3.63, 3.8) is 0 Å². The Kier molecular flexibility index (Phi) is 7.09. The lowest BCUT2D eigenvalue weighted by Crippen LogP contribution is -2.52. The maximum Gasteiger partial charge on any atom is 0.236 e. The number of aromatic nitrogens is 1. The first-order chi connectivity index (χ1) is 17.1. The van der Waals surface area contributed by atoms with Gasteiger partial charge >= 0.3 is 0 Å². The molecule has 3 heterocycles. The van der Waals surface area contributed by atoms with Gasteiger partial charge in [-0.2, -0.15) is 0 Å². The van der Waals surface area contributed by atoms with Crippen molar-refractivity contribution < 1.29 is 9.59 Å². The number of piperazine rings is 1. The molecule has 2 aromatic carbocycles.